The van der Waals surface area contributed by atoms with E-state index in [9.17, 15) is 23.8 Å². The summed E-state index contributed by atoms with van der Waals surface area (Å²) in [5.41, 5.74) is -0.0639. The van der Waals surface area contributed by atoms with Crippen LogP contribution in [-0.2, 0) is 18.2 Å². The van der Waals surface area contributed by atoms with Crippen molar-refractivity contribution in [1.82, 2.24) is 0 Å². The van der Waals surface area contributed by atoms with Gasteiger partial charge in [0.2, 0.25) is 0 Å². The number of hydrogen-bond donors (Lipinski definition) is 0. The van der Waals surface area contributed by atoms with Crippen LogP contribution < -0.4 is 103 Å². The molecule has 0 saturated carbocycles. The van der Waals surface area contributed by atoms with E-state index < -0.39 is 14.6 Å². The molecule has 1 atom stereocenters. The first kappa shape index (κ1) is 27.5. The fourth-order valence-corrected chi connectivity index (χ4v) is 5.22. The third-order valence-electron chi connectivity index (χ3n) is 2.06. The van der Waals surface area contributed by atoms with Gasteiger partial charge in [-0.1, -0.05) is 18.3 Å². The first-order chi connectivity index (χ1) is 7.12. The zero-order valence-corrected chi connectivity index (χ0v) is 20.1. The minimum atomic E-state index is -5.48. The average molecular weight is 358 g/mol. The Morgan fingerprint density at radius 1 is 1.21 bits per heavy atom. The quantitative estimate of drug-likeness (QED) is 0.339. The second-order valence-corrected chi connectivity index (χ2v) is 9.09. The Labute approximate surface area is 182 Å². The molecule has 1 aliphatic heterocycles. The fraction of sp³-hybridized carbons (Fsp3) is 1.00. The minimum absolute atomic E-state index is 0. The topological polar surface area (TPSA) is 122 Å². The smallest absolute Gasteiger partial charge is 0.790 e. The van der Waals surface area contributed by atoms with Crippen LogP contribution in [0.3, 0.4) is 0 Å². The summed E-state index contributed by atoms with van der Waals surface area (Å²) in [7, 11) is -5.48. The van der Waals surface area contributed by atoms with E-state index in [0.29, 0.717) is 31.0 Å². The molecule has 1 heterocycles. The molecule has 0 aliphatic carbocycles. The van der Waals surface area contributed by atoms with Crippen LogP contribution in [0.15, 0.2) is 0 Å². The standard InChI is InChI=1S/C6H14O7P2S.3Na/c1-6(4-12-5-6)2-3-16-15(10,11)13-14(7,8)9;;;/h2-5H2,1H3,(H,10,11)(H2,7,8,9);;;/q;3*+1/p-3. The Bertz CT molecular complexity index is 348. The minimum Gasteiger partial charge on any atom is -0.790 e. The van der Waals surface area contributed by atoms with Crippen molar-refractivity contribution in [2.45, 2.75) is 13.3 Å². The molecule has 0 amide bonds. The fourth-order valence-electron chi connectivity index (χ4n) is 1.14. The second-order valence-electron chi connectivity index (χ2n) is 3.86. The summed E-state index contributed by atoms with van der Waals surface area (Å²) in [6.45, 7) is -1.61. The van der Waals surface area contributed by atoms with Gasteiger partial charge in [0.15, 0.2) is 6.80 Å². The summed E-state index contributed by atoms with van der Waals surface area (Å²) in [6, 6.07) is 0. The van der Waals surface area contributed by atoms with E-state index in [1.807, 2.05) is 6.92 Å². The van der Waals surface area contributed by atoms with E-state index in [0.717, 1.165) is 0 Å². The summed E-state index contributed by atoms with van der Waals surface area (Å²) in [4.78, 5) is 31.2. The largest absolute Gasteiger partial charge is 1.00 e. The van der Waals surface area contributed by atoms with Crippen LogP contribution in [0, 0.1) is 5.41 Å². The third-order valence-corrected chi connectivity index (χ3v) is 6.46. The zero-order chi connectivity index (χ0) is 12.4. The molecule has 0 bridgehead atoms. The molecule has 1 fully saturated rings. The molecule has 1 aliphatic rings. The predicted molar refractivity (Wildman–Crippen MR) is 52.3 cm³/mol. The van der Waals surface area contributed by atoms with Gasteiger partial charge in [-0.3, -0.25) is 8.88 Å². The van der Waals surface area contributed by atoms with Gasteiger partial charge in [-0.05, 0) is 6.42 Å². The van der Waals surface area contributed by atoms with E-state index in [1.54, 1.807) is 0 Å². The van der Waals surface area contributed by atoms with Crippen molar-refractivity contribution in [2.75, 3.05) is 19.0 Å². The van der Waals surface area contributed by atoms with E-state index in [1.165, 1.54) is 0 Å². The Kier molecular flexibility index (Phi) is 16.2. The molecule has 0 aromatic carbocycles. The molecule has 1 saturated heterocycles. The van der Waals surface area contributed by atoms with Gasteiger partial charge in [0.25, 0.3) is 0 Å². The van der Waals surface area contributed by atoms with E-state index in [4.69, 9.17) is 4.74 Å². The maximum absolute atomic E-state index is 11.0. The third kappa shape index (κ3) is 12.7. The molecule has 96 valence electrons. The van der Waals surface area contributed by atoms with Crippen molar-refractivity contribution in [3.05, 3.63) is 0 Å². The Balaban J connectivity index is -0.000000853. The van der Waals surface area contributed by atoms with Crippen molar-refractivity contribution < 1.29 is 122 Å². The molecule has 0 spiro atoms. The van der Waals surface area contributed by atoms with Crippen LogP contribution in [0.4, 0.5) is 0 Å². The molecule has 0 aromatic rings. The summed E-state index contributed by atoms with van der Waals surface area (Å²) >= 11 is 0.332. The monoisotopic (exact) mass is 358 g/mol. The summed E-state index contributed by atoms with van der Waals surface area (Å²) in [5.74, 6) is 0.167. The van der Waals surface area contributed by atoms with Crippen LogP contribution >= 0.6 is 26.0 Å². The Morgan fingerprint density at radius 2 is 1.68 bits per heavy atom. The molecule has 13 heteroatoms. The molecule has 0 aromatic heterocycles. The number of hydrogen-bond acceptors (Lipinski definition) is 8. The average Bonchev–Trinajstić information content (AvgIpc) is 1.95. The first-order valence-corrected chi connectivity index (χ1v) is 8.98. The van der Waals surface area contributed by atoms with Crippen LogP contribution in [0.25, 0.3) is 0 Å². The van der Waals surface area contributed by atoms with E-state index in [-0.39, 0.29) is 99.8 Å². The maximum atomic E-state index is 11.0. The molecule has 0 radical (unpaired) electrons. The number of phosphoric acid groups is 1. The molecule has 1 unspecified atom stereocenters. The van der Waals surface area contributed by atoms with Gasteiger partial charge in [0.05, 0.1) is 21.0 Å². The maximum Gasteiger partial charge on any atom is 1.00 e. The van der Waals surface area contributed by atoms with Gasteiger partial charge in [-0.25, -0.2) is 0 Å². The molecular formula is C6H11Na3O7P2S. The first-order valence-electron chi connectivity index (χ1n) is 4.39. The second kappa shape index (κ2) is 11.2. The summed E-state index contributed by atoms with van der Waals surface area (Å²) < 4.78 is 29.6. The van der Waals surface area contributed by atoms with Crippen LogP contribution in [0.2, 0.25) is 0 Å². The molecule has 19 heavy (non-hydrogen) atoms. The number of ether oxygens (including phenoxy) is 1. The van der Waals surface area contributed by atoms with E-state index in [2.05, 4.69) is 4.31 Å². The molecule has 7 nitrogen and oxygen atoms in total. The SMILES string of the molecule is CC1(CCSP(=O)([O-])OP(=O)([O-])[O-])COC1.[Na+].[Na+].[Na+]. The van der Waals surface area contributed by atoms with Crippen LogP contribution in [0.5, 0.6) is 0 Å². The summed E-state index contributed by atoms with van der Waals surface area (Å²) in [6.07, 6.45) is 0.551. The molecular weight excluding hydrogens is 347 g/mol. The van der Waals surface area contributed by atoms with Crippen molar-refractivity contribution in [2.24, 2.45) is 5.41 Å². The molecule has 0 N–H and O–H groups in total. The van der Waals surface area contributed by atoms with Crippen molar-refractivity contribution in [1.29, 1.82) is 0 Å². The summed E-state index contributed by atoms with van der Waals surface area (Å²) in [5, 5.41) is 0. The van der Waals surface area contributed by atoms with Gasteiger partial charge >= 0.3 is 88.7 Å². The normalized spacial score (nSPS) is 19.8. The zero-order valence-electron chi connectivity index (χ0n) is 11.5. The van der Waals surface area contributed by atoms with Gasteiger partial charge in [0.1, 0.15) is 0 Å². The van der Waals surface area contributed by atoms with Crippen LogP contribution in [0.1, 0.15) is 13.3 Å². The van der Waals surface area contributed by atoms with Gasteiger partial charge in [-0.15, -0.1) is 0 Å². The van der Waals surface area contributed by atoms with Gasteiger partial charge in [-0.2, -0.15) is 0 Å². The van der Waals surface area contributed by atoms with Crippen molar-refractivity contribution >= 4 is 26.0 Å². The molecule has 1 rings (SSSR count). The van der Waals surface area contributed by atoms with Crippen molar-refractivity contribution in [3.8, 4) is 0 Å². The van der Waals surface area contributed by atoms with Gasteiger partial charge < -0.3 is 24.0 Å². The van der Waals surface area contributed by atoms with E-state index >= 15 is 0 Å². The van der Waals surface area contributed by atoms with Crippen molar-refractivity contribution in [3.63, 3.8) is 0 Å². The van der Waals surface area contributed by atoms with Gasteiger partial charge in [0, 0.05) is 11.2 Å². The Morgan fingerprint density at radius 3 is 2.00 bits per heavy atom. The predicted octanol–water partition coefficient (Wildman–Crippen LogP) is -9.53. The van der Waals surface area contributed by atoms with Crippen LogP contribution in [-0.4, -0.2) is 19.0 Å². The number of rotatable bonds is 6. The Hall–Kier alpha value is 3.61.